The molecule has 0 rings (SSSR count). The SMILES string of the molecule is CCCCCCCCCCCCCCC/C=C/C(O)C(CO)NC(=O)CCCCCCCCC/C=C\CCCCCCOC(=O)CCCCCCCCCCCCCCCCCCCC. The molecule has 2 unspecified atom stereocenters. The van der Waals surface area contributed by atoms with E-state index in [-0.39, 0.29) is 18.5 Å². The Labute approximate surface area is 405 Å². The van der Waals surface area contributed by atoms with Crippen LogP contribution in [0.3, 0.4) is 0 Å². The lowest BCUT2D eigenvalue weighted by Crippen LogP contribution is -2.45. The summed E-state index contributed by atoms with van der Waals surface area (Å²) in [4.78, 5) is 24.5. The Kier molecular flexibility index (Phi) is 53.5. The summed E-state index contributed by atoms with van der Waals surface area (Å²) in [6.45, 7) is 4.89. The molecule has 0 aliphatic heterocycles. The van der Waals surface area contributed by atoms with E-state index in [1.165, 1.54) is 218 Å². The first-order valence-electron chi connectivity index (χ1n) is 29.1. The Hall–Kier alpha value is -1.66. The van der Waals surface area contributed by atoms with Crippen LogP contribution in [0.25, 0.3) is 0 Å². The van der Waals surface area contributed by atoms with Gasteiger partial charge >= 0.3 is 5.97 Å². The summed E-state index contributed by atoms with van der Waals surface area (Å²) in [5, 5.41) is 23.1. The average Bonchev–Trinajstić information content (AvgIpc) is 3.31. The summed E-state index contributed by atoms with van der Waals surface area (Å²) in [6.07, 6.45) is 66.3. The number of carbonyl (C=O) groups excluding carboxylic acids is 2. The Morgan fingerprint density at radius 1 is 0.415 bits per heavy atom. The van der Waals surface area contributed by atoms with Gasteiger partial charge < -0.3 is 20.3 Å². The van der Waals surface area contributed by atoms with Crippen molar-refractivity contribution < 1.29 is 24.5 Å². The third-order valence-corrected chi connectivity index (χ3v) is 13.5. The zero-order valence-corrected chi connectivity index (χ0v) is 43.7. The van der Waals surface area contributed by atoms with Crippen molar-refractivity contribution in [1.29, 1.82) is 0 Å². The van der Waals surface area contributed by atoms with Crippen LogP contribution in [0.2, 0.25) is 0 Å². The molecular formula is C59H113NO5. The molecule has 1 amide bonds. The Balaban J connectivity index is 3.47. The van der Waals surface area contributed by atoms with Gasteiger partial charge in [0, 0.05) is 12.8 Å². The molecule has 65 heavy (non-hydrogen) atoms. The molecule has 0 saturated carbocycles. The molecular weight excluding hydrogens is 803 g/mol. The minimum absolute atomic E-state index is 0.00669. The van der Waals surface area contributed by atoms with E-state index in [1.54, 1.807) is 6.08 Å². The number of hydrogen-bond acceptors (Lipinski definition) is 5. The monoisotopic (exact) mass is 916 g/mol. The van der Waals surface area contributed by atoms with Gasteiger partial charge in [-0.2, -0.15) is 0 Å². The summed E-state index contributed by atoms with van der Waals surface area (Å²) in [7, 11) is 0. The van der Waals surface area contributed by atoms with Crippen LogP contribution < -0.4 is 5.32 Å². The number of carbonyl (C=O) groups is 2. The van der Waals surface area contributed by atoms with Crippen molar-refractivity contribution >= 4 is 11.9 Å². The second-order valence-corrected chi connectivity index (χ2v) is 20.0. The molecule has 0 aliphatic carbocycles. The van der Waals surface area contributed by atoms with E-state index < -0.39 is 12.1 Å². The maximum Gasteiger partial charge on any atom is 0.305 e. The quantitative estimate of drug-likeness (QED) is 0.0321. The van der Waals surface area contributed by atoms with Gasteiger partial charge in [-0.05, 0) is 57.8 Å². The molecule has 6 heteroatoms. The van der Waals surface area contributed by atoms with E-state index in [0.29, 0.717) is 19.4 Å². The fourth-order valence-electron chi connectivity index (χ4n) is 8.98. The molecule has 0 fully saturated rings. The minimum atomic E-state index is -0.854. The Bertz CT molecular complexity index is 1010. The molecule has 0 spiro atoms. The normalized spacial score (nSPS) is 12.7. The molecule has 0 aromatic rings. The lowest BCUT2D eigenvalue weighted by atomic mass is 10.0. The molecule has 0 aromatic carbocycles. The molecule has 6 nitrogen and oxygen atoms in total. The number of aliphatic hydroxyl groups excluding tert-OH is 2. The fraction of sp³-hybridized carbons (Fsp3) is 0.898. The summed E-state index contributed by atoms with van der Waals surface area (Å²) in [5.74, 6) is -0.0886. The van der Waals surface area contributed by atoms with Crippen LogP contribution in [-0.2, 0) is 14.3 Å². The second kappa shape index (κ2) is 54.9. The smallest absolute Gasteiger partial charge is 0.305 e. The van der Waals surface area contributed by atoms with Crippen LogP contribution in [0.4, 0.5) is 0 Å². The van der Waals surface area contributed by atoms with E-state index in [9.17, 15) is 19.8 Å². The van der Waals surface area contributed by atoms with Gasteiger partial charge in [0.2, 0.25) is 5.91 Å². The number of rotatable bonds is 54. The number of allylic oxidation sites excluding steroid dienone is 3. The topological polar surface area (TPSA) is 95.9 Å². The predicted octanol–water partition coefficient (Wildman–Crippen LogP) is 17.9. The van der Waals surface area contributed by atoms with E-state index >= 15 is 0 Å². The van der Waals surface area contributed by atoms with Gasteiger partial charge in [0.25, 0.3) is 0 Å². The number of amides is 1. The molecule has 0 aliphatic rings. The van der Waals surface area contributed by atoms with Crippen molar-refractivity contribution in [2.75, 3.05) is 13.2 Å². The van der Waals surface area contributed by atoms with Crippen molar-refractivity contribution in [3.05, 3.63) is 24.3 Å². The van der Waals surface area contributed by atoms with Crippen molar-refractivity contribution in [2.45, 2.75) is 328 Å². The van der Waals surface area contributed by atoms with Crippen LogP contribution >= 0.6 is 0 Å². The summed E-state index contributed by atoms with van der Waals surface area (Å²) in [6, 6.07) is -0.638. The molecule has 0 bridgehead atoms. The van der Waals surface area contributed by atoms with Gasteiger partial charge in [-0.25, -0.2) is 0 Å². The molecule has 2 atom stereocenters. The molecule has 384 valence electrons. The highest BCUT2D eigenvalue weighted by atomic mass is 16.5. The first-order chi connectivity index (χ1) is 32.0. The van der Waals surface area contributed by atoms with E-state index in [2.05, 4.69) is 31.3 Å². The Morgan fingerprint density at radius 3 is 1.09 bits per heavy atom. The number of esters is 1. The zero-order valence-electron chi connectivity index (χ0n) is 43.7. The number of nitrogens with one attached hydrogen (secondary N) is 1. The molecule has 3 N–H and O–H groups in total. The first-order valence-corrected chi connectivity index (χ1v) is 29.1. The molecule has 0 heterocycles. The number of ether oxygens (including phenoxy) is 1. The summed E-state index contributed by atoms with van der Waals surface area (Å²) >= 11 is 0. The third kappa shape index (κ3) is 51.6. The minimum Gasteiger partial charge on any atom is -0.466 e. The van der Waals surface area contributed by atoms with Crippen LogP contribution in [0.15, 0.2) is 24.3 Å². The van der Waals surface area contributed by atoms with Gasteiger partial charge in [-0.15, -0.1) is 0 Å². The van der Waals surface area contributed by atoms with E-state index in [4.69, 9.17) is 4.74 Å². The number of aliphatic hydroxyl groups is 2. The van der Waals surface area contributed by atoms with E-state index in [0.717, 1.165) is 70.6 Å². The second-order valence-electron chi connectivity index (χ2n) is 20.0. The highest BCUT2D eigenvalue weighted by Crippen LogP contribution is 2.17. The molecule has 0 aromatic heterocycles. The van der Waals surface area contributed by atoms with Gasteiger partial charge in [0.05, 0.1) is 25.4 Å². The maximum absolute atomic E-state index is 12.4. The van der Waals surface area contributed by atoms with Crippen molar-refractivity contribution in [1.82, 2.24) is 5.32 Å². The molecule has 0 saturated heterocycles. The van der Waals surface area contributed by atoms with Crippen LogP contribution in [0.5, 0.6) is 0 Å². The van der Waals surface area contributed by atoms with E-state index in [1.807, 2.05) is 6.08 Å². The lowest BCUT2D eigenvalue weighted by molar-refractivity contribution is -0.143. The lowest BCUT2D eigenvalue weighted by Gasteiger charge is -2.20. The molecule has 0 radical (unpaired) electrons. The first kappa shape index (κ1) is 63.3. The van der Waals surface area contributed by atoms with Crippen molar-refractivity contribution in [2.24, 2.45) is 0 Å². The summed E-state index contributed by atoms with van der Waals surface area (Å²) in [5.41, 5.74) is 0. The highest BCUT2D eigenvalue weighted by Gasteiger charge is 2.18. The van der Waals surface area contributed by atoms with Gasteiger partial charge in [0.15, 0.2) is 0 Å². The van der Waals surface area contributed by atoms with Crippen molar-refractivity contribution in [3.8, 4) is 0 Å². The third-order valence-electron chi connectivity index (χ3n) is 13.5. The van der Waals surface area contributed by atoms with Crippen molar-refractivity contribution in [3.63, 3.8) is 0 Å². The fourth-order valence-corrected chi connectivity index (χ4v) is 8.98. The maximum atomic E-state index is 12.4. The standard InChI is InChI=1S/C59H113NO5/c1-3-5-7-9-11-13-15-17-19-20-21-25-29-33-37-41-45-49-53-59(64)65-54-50-46-42-38-34-30-26-22-24-28-32-36-40-44-48-52-58(63)60-56(55-61)57(62)51-47-43-39-35-31-27-23-18-16-14-12-10-8-6-4-2/h26,30,47,51,56-57,61-62H,3-25,27-29,31-46,48-50,52-55H2,1-2H3,(H,60,63)/b30-26-,51-47+. The zero-order chi connectivity index (χ0) is 47.2. The number of hydrogen-bond donors (Lipinski definition) is 3. The summed E-state index contributed by atoms with van der Waals surface area (Å²) < 4.78 is 5.48. The van der Waals surface area contributed by atoms with Gasteiger partial charge in [-0.3, -0.25) is 9.59 Å². The van der Waals surface area contributed by atoms with Crippen LogP contribution in [0.1, 0.15) is 316 Å². The largest absolute Gasteiger partial charge is 0.466 e. The van der Waals surface area contributed by atoms with Gasteiger partial charge in [-0.1, -0.05) is 269 Å². The Morgan fingerprint density at radius 2 is 0.723 bits per heavy atom. The van der Waals surface area contributed by atoms with Crippen LogP contribution in [-0.4, -0.2) is 47.4 Å². The van der Waals surface area contributed by atoms with Crippen LogP contribution in [0, 0.1) is 0 Å². The highest BCUT2D eigenvalue weighted by molar-refractivity contribution is 5.76. The number of unbranched alkanes of at least 4 members (excludes halogenated alkanes) is 41. The van der Waals surface area contributed by atoms with Gasteiger partial charge in [0.1, 0.15) is 0 Å². The predicted molar refractivity (Wildman–Crippen MR) is 283 cm³/mol. The average molecular weight is 917 g/mol.